The Morgan fingerprint density at radius 2 is 2.09 bits per heavy atom. The molecule has 11 heavy (non-hydrogen) atoms. The number of hydrogen-bond acceptors (Lipinski definition) is 2. The molecule has 4 nitrogen and oxygen atoms in total. The van der Waals surface area contributed by atoms with Crippen LogP contribution in [-0.2, 0) is 9.59 Å². The molecule has 1 fully saturated rings. The first kappa shape index (κ1) is 9.94. The molecule has 0 heterocycles. The van der Waals surface area contributed by atoms with E-state index in [9.17, 15) is 4.79 Å². The van der Waals surface area contributed by atoms with E-state index in [1.807, 2.05) is 0 Å². The van der Waals surface area contributed by atoms with Gasteiger partial charge >= 0.3 is 0 Å². The van der Waals surface area contributed by atoms with Gasteiger partial charge in [-0.25, -0.2) is 0 Å². The molecule has 2 N–H and O–H groups in total. The third-order valence-electron chi connectivity index (χ3n) is 1.51. The Balaban J connectivity index is 0.000000292. The van der Waals surface area contributed by atoms with Crippen LogP contribution in [0.5, 0.6) is 0 Å². The van der Waals surface area contributed by atoms with E-state index in [1.54, 1.807) is 6.92 Å². The molecular formula is C7H13NO3. The van der Waals surface area contributed by atoms with Gasteiger partial charge < -0.3 is 10.4 Å². The Hall–Kier alpha value is -1.06. The Morgan fingerprint density at radius 1 is 1.64 bits per heavy atom. The van der Waals surface area contributed by atoms with Crippen LogP contribution in [0.2, 0.25) is 0 Å². The third-order valence-corrected chi connectivity index (χ3v) is 1.51. The summed E-state index contributed by atoms with van der Waals surface area (Å²) in [4.78, 5) is 18.7. The summed E-state index contributed by atoms with van der Waals surface area (Å²) < 4.78 is 0. The maximum Gasteiger partial charge on any atom is 0.290 e. The lowest BCUT2D eigenvalue weighted by atomic mass is 9.93. The smallest absolute Gasteiger partial charge is 0.290 e. The van der Waals surface area contributed by atoms with Crippen LogP contribution < -0.4 is 5.32 Å². The number of carbonyl (C=O) groups excluding carboxylic acids is 1. The maximum absolute atomic E-state index is 10.3. The highest BCUT2D eigenvalue weighted by Crippen LogP contribution is 2.17. The molecule has 0 atom stereocenters. The third kappa shape index (κ3) is 5.39. The molecule has 0 unspecified atom stereocenters. The van der Waals surface area contributed by atoms with Gasteiger partial charge in [0.2, 0.25) is 5.91 Å². The van der Waals surface area contributed by atoms with Gasteiger partial charge in [-0.1, -0.05) is 0 Å². The van der Waals surface area contributed by atoms with Gasteiger partial charge in [0, 0.05) is 13.0 Å². The highest BCUT2D eigenvalue weighted by atomic mass is 16.3. The number of nitrogens with one attached hydrogen (secondary N) is 1. The van der Waals surface area contributed by atoms with Crippen LogP contribution in [-0.4, -0.2) is 23.5 Å². The highest BCUT2D eigenvalue weighted by Gasteiger charge is 2.16. The summed E-state index contributed by atoms with van der Waals surface area (Å²) in [5.74, 6) is 0.106. The fourth-order valence-electron chi connectivity index (χ4n) is 0.840. The Bertz CT molecular complexity index is 132. The van der Waals surface area contributed by atoms with Crippen molar-refractivity contribution in [2.45, 2.75) is 32.2 Å². The second-order valence-electron chi connectivity index (χ2n) is 2.43. The summed E-state index contributed by atoms with van der Waals surface area (Å²) in [6, 6.07) is 0.507. The van der Waals surface area contributed by atoms with Gasteiger partial charge in [0.15, 0.2) is 0 Å². The molecule has 1 aliphatic carbocycles. The van der Waals surface area contributed by atoms with E-state index in [0.29, 0.717) is 6.04 Å². The van der Waals surface area contributed by atoms with Crippen molar-refractivity contribution < 1.29 is 14.7 Å². The standard InChI is InChI=1S/C6H11NO.CH2O2/c1-5(8)7-6-3-2-4-6;2-1-3/h6H,2-4H2,1H3,(H,7,8);1H,(H,2,3). The molecule has 0 spiro atoms. The minimum absolute atomic E-state index is 0.106. The van der Waals surface area contributed by atoms with E-state index >= 15 is 0 Å². The van der Waals surface area contributed by atoms with Crippen LogP contribution in [0.15, 0.2) is 0 Å². The topological polar surface area (TPSA) is 66.4 Å². The summed E-state index contributed by atoms with van der Waals surface area (Å²) in [5, 5.41) is 9.73. The first-order valence-corrected chi connectivity index (χ1v) is 3.55. The van der Waals surface area contributed by atoms with Crippen molar-refractivity contribution in [1.29, 1.82) is 0 Å². The molecule has 0 radical (unpaired) electrons. The SMILES string of the molecule is CC(=O)NC1CCC1.O=CO. The number of carbonyl (C=O) groups is 2. The monoisotopic (exact) mass is 159 g/mol. The maximum atomic E-state index is 10.3. The fourth-order valence-corrected chi connectivity index (χ4v) is 0.840. The second-order valence-corrected chi connectivity index (χ2v) is 2.43. The summed E-state index contributed by atoms with van der Waals surface area (Å²) in [7, 11) is 0. The predicted molar refractivity (Wildman–Crippen MR) is 40.1 cm³/mol. The zero-order valence-electron chi connectivity index (χ0n) is 6.54. The van der Waals surface area contributed by atoms with Gasteiger partial charge in [0.1, 0.15) is 0 Å². The minimum atomic E-state index is -0.250. The van der Waals surface area contributed by atoms with E-state index < -0.39 is 0 Å². The van der Waals surface area contributed by atoms with Crippen LogP contribution >= 0.6 is 0 Å². The normalized spacial score (nSPS) is 15.4. The largest absolute Gasteiger partial charge is 0.483 e. The molecular weight excluding hydrogens is 146 g/mol. The lowest BCUT2D eigenvalue weighted by Gasteiger charge is -2.25. The van der Waals surface area contributed by atoms with E-state index in [2.05, 4.69) is 5.32 Å². The molecule has 1 aliphatic rings. The molecule has 64 valence electrons. The van der Waals surface area contributed by atoms with Crippen LogP contribution in [0.4, 0.5) is 0 Å². The van der Waals surface area contributed by atoms with Gasteiger partial charge in [0.25, 0.3) is 6.47 Å². The minimum Gasteiger partial charge on any atom is -0.483 e. The molecule has 4 heteroatoms. The molecule has 0 bridgehead atoms. The van der Waals surface area contributed by atoms with E-state index in [0.717, 1.165) is 0 Å². The average Bonchev–Trinajstić information content (AvgIpc) is 1.81. The zero-order chi connectivity index (χ0) is 8.69. The summed E-state index contributed by atoms with van der Waals surface area (Å²) in [6.07, 6.45) is 3.64. The van der Waals surface area contributed by atoms with Crippen molar-refractivity contribution in [2.24, 2.45) is 0 Å². The van der Waals surface area contributed by atoms with Crippen LogP contribution in [0.25, 0.3) is 0 Å². The predicted octanol–water partition coefficient (Wildman–Crippen LogP) is 0.376. The lowest BCUT2D eigenvalue weighted by molar-refractivity contribution is -0.123. The molecule has 0 saturated heterocycles. The molecule has 1 rings (SSSR count). The van der Waals surface area contributed by atoms with Crippen molar-refractivity contribution >= 4 is 12.4 Å². The van der Waals surface area contributed by atoms with Gasteiger partial charge in [0.05, 0.1) is 0 Å². The van der Waals surface area contributed by atoms with E-state index in [4.69, 9.17) is 9.90 Å². The van der Waals surface area contributed by atoms with E-state index in [1.165, 1.54) is 19.3 Å². The first-order valence-electron chi connectivity index (χ1n) is 3.55. The summed E-state index contributed by atoms with van der Waals surface area (Å²) in [6.45, 7) is 1.32. The van der Waals surface area contributed by atoms with Crippen LogP contribution in [0.3, 0.4) is 0 Å². The first-order chi connectivity index (χ1) is 5.20. The quantitative estimate of drug-likeness (QED) is 0.543. The van der Waals surface area contributed by atoms with Gasteiger partial charge in [-0.05, 0) is 19.3 Å². The fraction of sp³-hybridized carbons (Fsp3) is 0.714. The van der Waals surface area contributed by atoms with Crippen molar-refractivity contribution in [3.8, 4) is 0 Å². The molecule has 0 aromatic heterocycles. The molecule has 1 amide bonds. The summed E-state index contributed by atoms with van der Waals surface area (Å²) in [5.41, 5.74) is 0. The van der Waals surface area contributed by atoms with Crippen LogP contribution in [0.1, 0.15) is 26.2 Å². The molecule has 0 aliphatic heterocycles. The van der Waals surface area contributed by atoms with Crippen LogP contribution in [0, 0.1) is 0 Å². The van der Waals surface area contributed by atoms with Gasteiger partial charge in [-0.2, -0.15) is 0 Å². The van der Waals surface area contributed by atoms with Gasteiger partial charge in [-0.3, -0.25) is 9.59 Å². The molecule has 0 aromatic carbocycles. The Kier molecular flexibility index (Phi) is 5.15. The number of rotatable bonds is 1. The Morgan fingerprint density at radius 3 is 2.18 bits per heavy atom. The second kappa shape index (κ2) is 5.70. The zero-order valence-corrected chi connectivity index (χ0v) is 6.54. The Labute approximate surface area is 65.6 Å². The van der Waals surface area contributed by atoms with Crippen molar-refractivity contribution in [2.75, 3.05) is 0 Å². The number of amides is 1. The van der Waals surface area contributed by atoms with Crippen molar-refractivity contribution in [1.82, 2.24) is 5.32 Å². The summed E-state index contributed by atoms with van der Waals surface area (Å²) >= 11 is 0. The van der Waals surface area contributed by atoms with Crippen molar-refractivity contribution in [3.05, 3.63) is 0 Å². The molecule has 0 aromatic rings. The van der Waals surface area contributed by atoms with Crippen molar-refractivity contribution in [3.63, 3.8) is 0 Å². The number of hydrogen-bond donors (Lipinski definition) is 2. The van der Waals surface area contributed by atoms with Gasteiger partial charge in [-0.15, -0.1) is 0 Å². The lowest BCUT2D eigenvalue weighted by Crippen LogP contribution is -2.37. The average molecular weight is 159 g/mol. The van der Waals surface area contributed by atoms with E-state index in [-0.39, 0.29) is 12.4 Å². The molecule has 1 saturated carbocycles. The number of carboxylic acid groups (broad SMARTS) is 1. The highest BCUT2D eigenvalue weighted by molar-refractivity contribution is 5.73.